The molecule has 1 rings (SSSR count). The molecule has 0 fully saturated rings. The van der Waals surface area contributed by atoms with Crippen LogP contribution >= 0.6 is 22.9 Å². The van der Waals surface area contributed by atoms with Crippen molar-refractivity contribution in [1.29, 1.82) is 0 Å². The summed E-state index contributed by atoms with van der Waals surface area (Å²) >= 11 is 7.04. The van der Waals surface area contributed by atoms with Crippen molar-refractivity contribution in [3.05, 3.63) is 21.3 Å². The molecule has 1 atom stereocenters. The van der Waals surface area contributed by atoms with E-state index in [1.165, 1.54) is 11.3 Å². The van der Waals surface area contributed by atoms with Gasteiger partial charge in [0.2, 0.25) is 5.91 Å². The Hall–Kier alpha value is -1.11. The standard InChI is InChI=1S/C11H14ClNO4S/c1-2-17-11(16)8(6-14)13-10(15)5-7-3-4-9(12)18-7/h3-4,8,14H,2,5-6H2,1H3,(H,13,15)/t8-/m0/s1. The third-order valence-corrected chi connectivity index (χ3v) is 3.28. The van der Waals surface area contributed by atoms with E-state index in [0.29, 0.717) is 4.34 Å². The molecule has 0 saturated heterocycles. The van der Waals surface area contributed by atoms with Crippen LogP contribution in [0.1, 0.15) is 11.8 Å². The molecule has 0 aliphatic heterocycles. The lowest BCUT2D eigenvalue weighted by Gasteiger charge is -2.14. The number of carbonyl (C=O) groups excluding carboxylic acids is 2. The van der Waals surface area contributed by atoms with Crippen molar-refractivity contribution >= 4 is 34.8 Å². The number of esters is 1. The SMILES string of the molecule is CCOC(=O)[C@H](CO)NC(=O)Cc1ccc(Cl)s1. The number of aliphatic hydroxyl groups excluding tert-OH is 1. The van der Waals surface area contributed by atoms with Gasteiger partial charge in [0.25, 0.3) is 0 Å². The smallest absolute Gasteiger partial charge is 0.331 e. The van der Waals surface area contributed by atoms with Gasteiger partial charge in [-0.3, -0.25) is 4.79 Å². The third-order valence-electron chi connectivity index (χ3n) is 2.05. The molecule has 0 bridgehead atoms. The average Bonchev–Trinajstić information content (AvgIpc) is 2.71. The maximum atomic E-state index is 11.6. The Morgan fingerprint density at radius 2 is 2.28 bits per heavy atom. The predicted octanol–water partition coefficient (Wildman–Crippen LogP) is 0.984. The first-order valence-corrected chi connectivity index (χ1v) is 6.57. The maximum Gasteiger partial charge on any atom is 0.331 e. The number of aliphatic hydroxyl groups is 1. The zero-order chi connectivity index (χ0) is 13.5. The van der Waals surface area contributed by atoms with Gasteiger partial charge in [0, 0.05) is 4.88 Å². The fourth-order valence-corrected chi connectivity index (χ4v) is 2.36. The summed E-state index contributed by atoms with van der Waals surface area (Å²) in [6, 6.07) is 2.42. The van der Waals surface area contributed by atoms with Crippen LogP contribution in [0.25, 0.3) is 0 Å². The molecule has 1 heterocycles. The van der Waals surface area contributed by atoms with Crippen LogP contribution in [0.4, 0.5) is 0 Å². The fourth-order valence-electron chi connectivity index (χ4n) is 1.27. The Morgan fingerprint density at radius 3 is 2.78 bits per heavy atom. The lowest BCUT2D eigenvalue weighted by molar-refractivity contribution is -0.148. The minimum Gasteiger partial charge on any atom is -0.464 e. The van der Waals surface area contributed by atoms with E-state index in [1.54, 1.807) is 19.1 Å². The monoisotopic (exact) mass is 291 g/mol. The second-order valence-corrected chi connectivity index (χ2v) is 5.24. The quantitative estimate of drug-likeness (QED) is 0.766. The third kappa shape index (κ3) is 4.64. The Morgan fingerprint density at radius 1 is 1.56 bits per heavy atom. The molecule has 0 spiro atoms. The first-order chi connectivity index (χ1) is 8.56. The molecule has 18 heavy (non-hydrogen) atoms. The summed E-state index contributed by atoms with van der Waals surface area (Å²) in [4.78, 5) is 23.8. The van der Waals surface area contributed by atoms with Crippen molar-refractivity contribution < 1.29 is 19.4 Å². The van der Waals surface area contributed by atoms with Crippen molar-refractivity contribution in [2.45, 2.75) is 19.4 Å². The first-order valence-electron chi connectivity index (χ1n) is 5.38. The highest BCUT2D eigenvalue weighted by Crippen LogP contribution is 2.21. The van der Waals surface area contributed by atoms with Crippen LogP contribution < -0.4 is 5.32 Å². The van der Waals surface area contributed by atoms with E-state index in [9.17, 15) is 9.59 Å². The van der Waals surface area contributed by atoms with Gasteiger partial charge in [-0.25, -0.2) is 4.79 Å². The molecule has 0 unspecified atom stereocenters. The topological polar surface area (TPSA) is 75.6 Å². The highest BCUT2D eigenvalue weighted by atomic mass is 35.5. The van der Waals surface area contributed by atoms with Crippen molar-refractivity contribution in [2.24, 2.45) is 0 Å². The molecule has 0 aliphatic carbocycles. The second-order valence-electron chi connectivity index (χ2n) is 3.44. The first kappa shape index (κ1) is 14.9. The Balaban J connectivity index is 2.49. The Labute approximate surface area is 114 Å². The number of rotatable bonds is 6. The fraction of sp³-hybridized carbons (Fsp3) is 0.455. The van der Waals surface area contributed by atoms with Crippen LogP contribution in [0.3, 0.4) is 0 Å². The van der Waals surface area contributed by atoms with Crippen LogP contribution in [0, 0.1) is 0 Å². The molecule has 1 aromatic rings. The minimum atomic E-state index is -1.02. The van der Waals surface area contributed by atoms with Crippen LogP contribution in [0.5, 0.6) is 0 Å². The van der Waals surface area contributed by atoms with Gasteiger partial charge in [0.05, 0.1) is 24.0 Å². The summed E-state index contributed by atoms with van der Waals surface area (Å²) in [5.74, 6) is -1.00. The van der Waals surface area contributed by atoms with Crippen LogP contribution in [-0.4, -0.2) is 36.2 Å². The van der Waals surface area contributed by atoms with E-state index >= 15 is 0 Å². The number of hydrogen-bond donors (Lipinski definition) is 2. The van der Waals surface area contributed by atoms with Gasteiger partial charge < -0.3 is 15.2 Å². The molecule has 0 saturated carbocycles. The zero-order valence-corrected chi connectivity index (χ0v) is 11.4. The van der Waals surface area contributed by atoms with Gasteiger partial charge in [-0.05, 0) is 19.1 Å². The number of thiophene rings is 1. The number of nitrogens with one attached hydrogen (secondary N) is 1. The molecule has 1 amide bonds. The summed E-state index contributed by atoms with van der Waals surface area (Å²) in [5.41, 5.74) is 0. The van der Waals surface area contributed by atoms with Crippen LogP contribution in [-0.2, 0) is 20.7 Å². The van der Waals surface area contributed by atoms with Gasteiger partial charge in [-0.2, -0.15) is 0 Å². The van der Waals surface area contributed by atoms with Gasteiger partial charge >= 0.3 is 5.97 Å². The van der Waals surface area contributed by atoms with Gasteiger partial charge in [0.1, 0.15) is 0 Å². The van der Waals surface area contributed by atoms with Crippen LogP contribution in [0.15, 0.2) is 12.1 Å². The summed E-state index contributed by atoms with van der Waals surface area (Å²) < 4.78 is 5.32. The minimum absolute atomic E-state index is 0.118. The summed E-state index contributed by atoms with van der Waals surface area (Å²) in [6.07, 6.45) is 0.118. The number of carbonyl (C=O) groups is 2. The average molecular weight is 292 g/mol. The van der Waals surface area contributed by atoms with Gasteiger partial charge in [-0.1, -0.05) is 11.6 Å². The number of ether oxygens (including phenoxy) is 1. The zero-order valence-electron chi connectivity index (χ0n) is 9.81. The summed E-state index contributed by atoms with van der Waals surface area (Å²) in [6.45, 7) is 1.36. The molecule has 7 heteroatoms. The number of halogens is 1. The number of hydrogen-bond acceptors (Lipinski definition) is 5. The molecule has 0 aromatic carbocycles. The molecule has 0 radical (unpaired) electrons. The number of amides is 1. The maximum absolute atomic E-state index is 11.6. The highest BCUT2D eigenvalue weighted by Gasteiger charge is 2.21. The van der Waals surface area contributed by atoms with Crippen LogP contribution in [0.2, 0.25) is 4.34 Å². The van der Waals surface area contributed by atoms with E-state index in [0.717, 1.165) is 4.88 Å². The molecule has 100 valence electrons. The normalized spacial score (nSPS) is 11.9. The van der Waals surface area contributed by atoms with E-state index in [2.05, 4.69) is 5.32 Å². The molecule has 5 nitrogen and oxygen atoms in total. The van der Waals surface area contributed by atoms with E-state index in [-0.39, 0.29) is 18.9 Å². The van der Waals surface area contributed by atoms with Gasteiger partial charge in [0.15, 0.2) is 6.04 Å². The summed E-state index contributed by atoms with van der Waals surface area (Å²) in [7, 11) is 0. The molecule has 0 aliphatic rings. The molecule has 1 aromatic heterocycles. The van der Waals surface area contributed by atoms with E-state index < -0.39 is 18.6 Å². The van der Waals surface area contributed by atoms with Gasteiger partial charge in [-0.15, -0.1) is 11.3 Å². The highest BCUT2D eigenvalue weighted by molar-refractivity contribution is 7.16. The second kappa shape index (κ2) is 7.35. The predicted molar refractivity (Wildman–Crippen MR) is 68.7 cm³/mol. The van der Waals surface area contributed by atoms with Crippen molar-refractivity contribution in [1.82, 2.24) is 5.32 Å². The lowest BCUT2D eigenvalue weighted by Crippen LogP contribution is -2.44. The molecular formula is C11H14ClNO4S. The summed E-state index contributed by atoms with van der Waals surface area (Å²) in [5, 5.41) is 11.4. The van der Waals surface area contributed by atoms with Crippen molar-refractivity contribution in [2.75, 3.05) is 13.2 Å². The van der Waals surface area contributed by atoms with E-state index in [4.69, 9.17) is 21.4 Å². The van der Waals surface area contributed by atoms with Crippen molar-refractivity contribution in [3.8, 4) is 0 Å². The molecule has 2 N–H and O–H groups in total. The van der Waals surface area contributed by atoms with Crippen molar-refractivity contribution in [3.63, 3.8) is 0 Å². The lowest BCUT2D eigenvalue weighted by atomic mass is 10.2. The molecular weight excluding hydrogens is 278 g/mol. The largest absolute Gasteiger partial charge is 0.464 e. The van der Waals surface area contributed by atoms with E-state index in [1.807, 2.05) is 0 Å². The Kier molecular flexibility index (Phi) is 6.11. The Bertz CT molecular complexity index is 421.